The molecule has 6 rings (SSSR count). The number of nitrogens with zero attached hydrogens (tertiary/aromatic N) is 1. The molecule has 1 aliphatic heterocycles. The average Bonchev–Trinajstić information content (AvgIpc) is 3.29. The zero-order valence-electron chi connectivity index (χ0n) is 13.1. The summed E-state index contributed by atoms with van der Waals surface area (Å²) in [6.07, 6.45) is 5.63. The third kappa shape index (κ3) is 1.65. The van der Waals surface area contributed by atoms with Gasteiger partial charge in [0.15, 0.2) is 0 Å². The average molecular weight is 372 g/mol. The van der Waals surface area contributed by atoms with E-state index in [2.05, 4.69) is 28.1 Å². The quantitative estimate of drug-likeness (QED) is 0.558. The van der Waals surface area contributed by atoms with Crippen LogP contribution in [0.5, 0.6) is 0 Å². The van der Waals surface area contributed by atoms with Crippen molar-refractivity contribution >= 4 is 33.4 Å². The number of halogens is 1. The Hall–Kier alpha value is -1.42. The highest BCUT2D eigenvalue weighted by Gasteiger charge is 2.67. The standard InChI is InChI=1S/C19H18BrNO2/c1-8-5-10(6-9(2)17(8)20)21-18(22)15-11-3-4-12(14-7-13(11)14)16(15)19(21)23/h3-6,11-16H,7H2,1-2H3/t11-,12-,13-,14-,15+,16+/m0/s1. The Morgan fingerprint density at radius 3 is 1.91 bits per heavy atom. The summed E-state index contributed by atoms with van der Waals surface area (Å²) >= 11 is 3.56. The van der Waals surface area contributed by atoms with E-state index >= 15 is 0 Å². The van der Waals surface area contributed by atoms with Crippen LogP contribution in [0.3, 0.4) is 0 Å². The zero-order valence-corrected chi connectivity index (χ0v) is 14.7. The molecule has 2 bridgehead atoms. The van der Waals surface area contributed by atoms with Gasteiger partial charge in [0.2, 0.25) is 11.8 Å². The van der Waals surface area contributed by atoms with Gasteiger partial charge in [0.05, 0.1) is 17.5 Å². The highest BCUT2D eigenvalue weighted by atomic mass is 79.9. The van der Waals surface area contributed by atoms with Crippen molar-refractivity contribution in [1.29, 1.82) is 0 Å². The molecule has 6 atom stereocenters. The van der Waals surface area contributed by atoms with Crippen molar-refractivity contribution in [1.82, 2.24) is 0 Å². The molecular weight excluding hydrogens is 354 g/mol. The summed E-state index contributed by atoms with van der Waals surface area (Å²) in [5.74, 6) is 1.67. The molecule has 3 nitrogen and oxygen atoms in total. The normalized spacial score (nSPS) is 39.7. The molecule has 1 aromatic carbocycles. The molecule has 0 aromatic heterocycles. The molecule has 1 saturated heterocycles. The molecule has 0 N–H and O–H groups in total. The Bertz CT molecular complexity index is 740. The Morgan fingerprint density at radius 1 is 0.957 bits per heavy atom. The lowest BCUT2D eigenvalue weighted by atomic mass is 9.63. The van der Waals surface area contributed by atoms with Gasteiger partial charge in [0, 0.05) is 4.47 Å². The van der Waals surface area contributed by atoms with Gasteiger partial charge in [-0.3, -0.25) is 9.59 Å². The third-order valence-corrected chi connectivity index (χ3v) is 7.59. The molecule has 0 spiro atoms. The number of carbonyl (C=O) groups excluding carboxylic acids is 2. The van der Waals surface area contributed by atoms with Crippen LogP contribution in [0.1, 0.15) is 17.5 Å². The number of anilines is 1. The Labute approximate surface area is 143 Å². The fourth-order valence-electron chi connectivity index (χ4n) is 5.26. The lowest BCUT2D eigenvalue weighted by molar-refractivity contribution is -0.124. The third-order valence-electron chi connectivity index (χ3n) is 6.34. The number of amides is 2. The van der Waals surface area contributed by atoms with Gasteiger partial charge in [-0.1, -0.05) is 28.1 Å². The second-order valence-corrected chi connectivity index (χ2v) is 8.35. The van der Waals surface area contributed by atoms with Gasteiger partial charge >= 0.3 is 0 Å². The number of imide groups is 1. The summed E-state index contributed by atoms with van der Waals surface area (Å²) in [6, 6.07) is 3.89. The molecule has 23 heavy (non-hydrogen) atoms. The molecule has 5 aliphatic rings. The maximum absolute atomic E-state index is 13.1. The van der Waals surface area contributed by atoms with Crippen LogP contribution in [0.2, 0.25) is 0 Å². The number of hydrogen-bond acceptors (Lipinski definition) is 2. The molecule has 3 fully saturated rings. The molecule has 4 aliphatic carbocycles. The summed E-state index contributed by atoms with van der Waals surface area (Å²) in [5.41, 5.74) is 2.85. The van der Waals surface area contributed by atoms with Crippen LogP contribution in [0.15, 0.2) is 28.8 Å². The van der Waals surface area contributed by atoms with E-state index in [-0.39, 0.29) is 35.5 Å². The molecule has 0 radical (unpaired) electrons. The highest BCUT2D eigenvalue weighted by molar-refractivity contribution is 9.10. The van der Waals surface area contributed by atoms with Gasteiger partial charge in [0.25, 0.3) is 0 Å². The number of benzene rings is 1. The second kappa shape index (κ2) is 4.35. The fraction of sp³-hybridized carbons (Fsp3) is 0.474. The minimum atomic E-state index is -0.120. The molecule has 118 valence electrons. The van der Waals surface area contributed by atoms with E-state index in [1.807, 2.05) is 26.0 Å². The predicted molar refractivity (Wildman–Crippen MR) is 90.8 cm³/mol. The van der Waals surface area contributed by atoms with Crippen LogP contribution in [0.4, 0.5) is 5.69 Å². The minimum Gasteiger partial charge on any atom is -0.274 e. The summed E-state index contributed by atoms with van der Waals surface area (Å²) in [5, 5.41) is 0. The number of allylic oxidation sites excluding steroid dienone is 2. The first-order chi connectivity index (χ1) is 11.0. The van der Waals surface area contributed by atoms with Gasteiger partial charge in [-0.2, -0.15) is 0 Å². The fourth-order valence-corrected chi connectivity index (χ4v) is 5.49. The van der Waals surface area contributed by atoms with Gasteiger partial charge < -0.3 is 0 Å². The van der Waals surface area contributed by atoms with Crippen molar-refractivity contribution < 1.29 is 9.59 Å². The smallest absolute Gasteiger partial charge is 0.238 e. The van der Waals surface area contributed by atoms with Crippen molar-refractivity contribution in [2.45, 2.75) is 20.3 Å². The summed E-state index contributed by atoms with van der Waals surface area (Å²) in [4.78, 5) is 27.6. The summed E-state index contributed by atoms with van der Waals surface area (Å²) < 4.78 is 1.04. The van der Waals surface area contributed by atoms with E-state index in [0.29, 0.717) is 11.8 Å². The molecule has 1 heterocycles. The van der Waals surface area contributed by atoms with E-state index < -0.39 is 0 Å². The maximum atomic E-state index is 13.1. The van der Waals surface area contributed by atoms with Crippen molar-refractivity contribution in [3.63, 3.8) is 0 Å². The van der Waals surface area contributed by atoms with E-state index in [1.165, 1.54) is 11.3 Å². The minimum absolute atomic E-state index is 0.0193. The first-order valence-electron chi connectivity index (χ1n) is 8.32. The van der Waals surface area contributed by atoms with Crippen molar-refractivity contribution in [3.05, 3.63) is 39.9 Å². The molecule has 2 saturated carbocycles. The van der Waals surface area contributed by atoms with Crippen molar-refractivity contribution in [3.8, 4) is 0 Å². The van der Waals surface area contributed by atoms with Crippen LogP contribution >= 0.6 is 15.9 Å². The lowest BCUT2D eigenvalue weighted by Crippen LogP contribution is -2.40. The van der Waals surface area contributed by atoms with Gasteiger partial charge in [0.1, 0.15) is 0 Å². The van der Waals surface area contributed by atoms with E-state index in [1.54, 1.807) is 0 Å². The van der Waals surface area contributed by atoms with Gasteiger partial charge in [-0.15, -0.1) is 0 Å². The largest absolute Gasteiger partial charge is 0.274 e. The molecule has 2 amide bonds. The zero-order chi connectivity index (χ0) is 16.0. The van der Waals surface area contributed by atoms with Crippen LogP contribution in [-0.4, -0.2) is 11.8 Å². The van der Waals surface area contributed by atoms with E-state index in [0.717, 1.165) is 21.3 Å². The first kappa shape index (κ1) is 14.0. The molecule has 0 unspecified atom stereocenters. The molecular formula is C19H18BrNO2. The Kier molecular flexibility index (Phi) is 2.64. The van der Waals surface area contributed by atoms with Crippen LogP contribution < -0.4 is 4.90 Å². The molecule has 1 aromatic rings. The lowest BCUT2D eigenvalue weighted by Gasteiger charge is -2.37. The van der Waals surface area contributed by atoms with Crippen molar-refractivity contribution in [2.24, 2.45) is 35.5 Å². The predicted octanol–water partition coefficient (Wildman–Crippen LogP) is 3.62. The Morgan fingerprint density at radius 2 is 1.43 bits per heavy atom. The first-order valence-corrected chi connectivity index (χ1v) is 9.11. The number of aryl methyl sites for hydroxylation is 2. The summed E-state index contributed by atoms with van der Waals surface area (Å²) in [6.45, 7) is 4.00. The number of carbonyl (C=O) groups is 2. The maximum Gasteiger partial charge on any atom is 0.238 e. The number of hydrogen-bond donors (Lipinski definition) is 0. The van der Waals surface area contributed by atoms with Crippen LogP contribution in [0, 0.1) is 49.4 Å². The molecule has 4 heteroatoms. The van der Waals surface area contributed by atoms with E-state index in [4.69, 9.17) is 0 Å². The Balaban J connectivity index is 1.59. The topological polar surface area (TPSA) is 37.4 Å². The van der Waals surface area contributed by atoms with Crippen LogP contribution in [0.25, 0.3) is 0 Å². The van der Waals surface area contributed by atoms with E-state index in [9.17, 15) is 9.59 Å². The second-order valence-electron chi connectivity index (χ2n) is 7.56. The van der Waals surface area contributed by atoms with Gasteiger partial charge in [-0.05, 0) is 67.2 Å². The monoisotopic (exact) mass is 371 g/mol. The summed E-state index contributed by atoms with van der Waals surface area (Å²) in [7, 11) is 0. The number of rotatable bonds is 1. The van der Waals surface area contributed by atoms with Gasteiger partial charge in [-0.25, -0.2) is 4.90 Å². The van der Waals surface area contributed by atoms with Crippen LogP contribution in [-0.2, 0) is 9.59 Å². The highest BCUT2D eigenvalue weighted by Crippen LogP contribution is 2.65. The van der Waals surface area contributed by atoms with Crippen molar-refractivity contribution in [2.75, 3.05) is 4.90 Å². The SMILES string of the molecule is Cc1cc(N2C(=O)[C@@H]3[C@H]4C=C[C@@H]([C@@H]5C[C@@H]45)[C@H]3C2=O)cc(C)c1Br.